The minimum Gasteiger partial charge on any atom is -0.336 e. The van der Waals surface area contributed by atoms with Crippen molar-refractivity contribution in [3.8, 4) is 5.69 Å². The van der Waals surface area contributed by atoms with Crippen LogP contribution in [0.4, 0.5) is 0 Å². The molecule has 150 valence electrons. The van der Waals surface area contributed by atoms with Crippen molar-refractivity contribution in [1.82, 2.24) is 18.8 Å². The van der Waals surface area contributed by atoms with Crippen LogP contribution in [0.2, 0.25) is 0 Å². The SMILES string of the molecule is O=C(c1ccc(-n2ccnc2)cc1)N1CCN(S(=O)(=O)Cc2ccccc2)CC1. The first-order valence-corrected chi connectivity index (χ1v) is 11.0. The quantitative estimate of drug-likeness (QED) is 0.646. The molecule has 0 spiro atoms. The van der Waals surface area contributed by atoms with E-state index in [0.29, 0.717) is 31.7 Å². The van der Waals surface area contributed by atoms with E-state index in [4.69, 9.17) is 0 Å². The van der Waals surface area contributed by atoms with Gasteiger partial charge in [0.15, 0.2) is 0 Å². The van der Waals surface area contributed by atoms with Gasteiger partial charge in [-0.2, -0.15) is 4.31 Å². The maximum absolute atomic E-state index is 12.8. The standard InChI is InChI=1S/C21H22N4O3S/c26-21(19-6-8-20(9-7-19)24-11-10-22-17-24)23-12-14-25(15-13-23)29(27,28)16-18-4-2-1-3-5-18/h1-11,17H,12-16H2. The number of piperazine rings is 1. The van der Waals surface area contributed by atoms with Gasteiger partial charge in [-0.25, -0.2) is 13.4 Å². The maximum Gasteiger partial charge on any atom is 0.253 e. The summed E-state index contributed by atoms with van der Waals surface area (Å²) in [5, 5.41) is 0. The smallest absolute Gasteiger partial charge is 0.253 e. The number of aromatic nitrogens is 2. The molecule has 2 heterocycles. The first kappa shape index (κ1) is 19.4. The first-order chi connectivity index (χ1) is 14.0. The fourth-order valence-electron chi connectivity index (χ4n) is 3.42. The number of carbonyl (C=O) groups excluding carboxylic acids is 1. The van der Waals surface area contributed by atoms with Gasteiger partial charge in [-0.15, -0.1) is 0 Å². The molecule has 1 saturated heterocycles. The van der Waals surface area contributed by atoms with Crippen LogP contribution in [0.1, 0.15) is 15.9 Å². The number of imidazole rings is 1. The normalized spacial score (nSPS) is 15.4. The van der Waals surface area contributed by atoms with E-state index in [1.54, 1.807) is 29.6 Å². The molecule has 0 N–H and O–H groups in total. The zero-order chi connectivity index (χ0) is 20.3. The Labute approximate surface area is 170 Å². The Kier molecular flexibility index (Phi) is 5.46. The monoisotopic (exact) mass is 410 g/mol. The lowest BCUT2D eigenvalue weighted by molar-refractivity contribution is 0.0698. The third kappa shape index (κ3) is 4.38. The average molecular weight is 410 g/mol. The van der Waals surface area contributed by atoms with Gasteiger partial charge in [-0.1, -0.05) is 30.3 Å². The molecule has 1 aliphatic heterocycles. The zero-order valence-electron chi connectivity index (χ0n) is 15.9. The van der Waals surface area contributed by atoms with E-state index in [1.807, 2.05) is 53.2 Å². The second-order valence-electron chi connectivity index (χ2n) is 6.95. The van der Waals surface area contributed by atoms with Gasteiger partial charge in [0, 0.05) is 49.8 Å². The summed E-state index contributed by atoms with van der Waals surface area (Å²) in [6.45, 7) is 1.40. The molecule has 1 aromatic heterocycles. The summed E-state index contributed by atoms with van der Waals surface area (Å²) in [4.78, 5) is 18.5. The molecule has 1 amide bonds. The maximum atomic E-state index is 12.8. The molecule has 4 rings (SSSR count). The fourth-order valence-corrected chi connectivity index (χ4v) is 4.93. The summed E-state index contributed by atoms with van der Waals surface area (Å²) < 4.78 is 28.7. The van der Waals surface area contributed by atoms with Crippen molar-refractivity contribution < 1.29 is 13.2 Å². The first-order valence-electron chi connectivity index (χ1n) is 9.42. The Bertz CT molecular complexity index is 1060. The topological polar surface area (TPSA) is 75.5 Å². The predicted octanol–water partition coefficient (Wildman–Crippen LogP) is 2.16. The van der Waals surface area contributed by atoms with E-state index in [2.05, 4.69) is 4.98 Å². The third-order valence-electron chi connectivity index (χ3n) is 5.03. The van der Waals surface area contributed by atoms with Crippen molar-refractivity contribution in [2.75, 3.05) is 26.2 Å². The Morgan fingerprint density at radius 2 is 1.62 bits per heavy atom. The van der Waals surface area contributed by atoms with Crippen LogP contribution in [0.25, 0.3) is 5.69 Å². The zero-order valence-corrected chi connectivity index (χ0v) is 16.7. The molecular formula is C21H22N4O3S. The van der Waals surface area contributed by atoms with Gasteiger partial charge in [0.1, 0.15) is 0 Å². The number of amides is 1. The Hall–Kier alpha value is -2.97. The van der Waals surface area contributed by atoms with E-state index in [0.717, 1.165) is 11.3 Å². The van der Waals surface area contributed by atoms with Crippen LogP contribution < -0.4 is 0 Å². The summed E-state index contributed by atoms with van der Waals surface area (Å²) in [5.41, 5.74) is 2.29. The van der Waals surface area contributed by atoms with Gasteiger partial charge >= 0.3 is 0 Å². The van der Waals surface area contributed by atoms with Crippen LogP contribution in [0.5, 0.6) is 0 Å². The minimum atomic E-state index is -3.39. The fraction of sp³-hybridized carbons (Fsp3) is 0.238. The van der Waals surface area contributed by atoms with Gasteiger partial charge in [0.2, 0.25) is 10.0 Å². The van der Waals surface area contributed by atoms with Crippen molar-refractivity contribution in [2.24, 2.45) is 0 Å². The largest absolute Gasteiger partial charge is 0.336 e. The number of rotatable bonds is 5. The number of benzene rings is 2. The van der Waals surface area contributed by atoms with Gasteiger partial charge in [-0.05, 0) is 29.8 Å². The number of sulfonamides is 1. The van der Waals surface area contributed by atoms with Gasteiger partial charge in [0.05, 0.1) is 12.1 Å². The highest BCUT2D eigenvalue weighted by Gasteiger charge is 2.29. The third-order valence-corrected chi connectivity index (χ3v) is 6.88. The number of carbonyl (C=O) groups is 1. The summed E-state index contributed by atoms with van der Waals surface area (Å²) >= 11 is 0. The van der Waals surface area contributed by atoms with E-state index in [1.165, 1.54) is 4.31 Å². The summed E-state index contributed by atoms with van der Waals surface area (Å²) in [6.07, 6.45) is 5.24. The van der Waals surface area contributed by atoms with Crippen LogP contribution in [-0.2, 0) is 15.8 Å². The lowest BCUT2D eigenvalue weighted by Gasteiger charge is -2.34. The van der Waals surface area contributed by atoms with E-state index >= 15 is 0 Å². The minimum absolute atomic E-state index is 0.0164. The molecule has 1 aliphatic rings. The van der Waals surface area contributed by atoms with Gasteiger partial charge < -0.3 is 9.47 Å². The highest BCUT2D eigenvalue weighted by molar-refractivity contribution is 7.88. The second-order valence-corrected chi connectivity index (χ2v) is 8.92. The van der Waals surface area contributed by atoms with E-state index in [-0.39, 0.29) is 11.7 Å². The number of hydrogen-bond acceptors (Lipinski definition) is 4. The molecule has 0 atom stereocenters. The van der Waals surface area contributed by atoms with Crippen molar-refractivity contribution in [2.45, 2.75) is 5.75 Å². The highest BCUT2D eigenvalue weighted by atomic mass is 32.2. The molecule has 0 aliphatic carbocycles. The number of nitrogens with zero attached hydrogens (tertiary/aromatic N) is 4. The Morgan fingerprint density at radius 1 is 0.931 bits per heavy atom. The summed E-state index contributed by atoms with van der Waals surface area (Å²) in [6, 6.07) is 16.5. The van der Waals surface area contributed by atoms with Gasteiger partial charge in [-0.3, -0.25) is 4.79 Å². The van der Waals surface area contributed by atoms with Crippen molar-refractivity contribution >= 4 is 15.9 Å². The lowest BCUT2D eigenvalue weighted by Crippen LogP contribution is -2.50. The lowest BCUT2D eigenvalue weighted by atomic mass is 10.1. The molecule has 8 heteroatoms. The molecule has 0 unspecified atom stereocenters. The summed E-state index contributed by atoms with van der Waals surface area (Å²) in [7, 11) is -3.39. The van der Waals surface area contributed by atoms with Crippen molar-refractivity contribution in [1.29, 1.82) is 0 Å². The molecule has 2 aromatic carbocycles. The Morgan fingerprint density at radius 3 is 2.24 bits per heavy atom. The van der Waals surface area contributed by atoms with Crippen molar-refractivity contribution in [3.63, 3.8) is 0 Å². The Balaban J connectivity index is 1.37. The van der Waals surface area contributed by atoms with Gasteiger partial charge in [0.25, 0.3) is 5.91 Å². The molecule has 3 aromatic rings. The molecule has 0 bridgehead atoms. The van der Waals surface area contributed by atoms with Crippen LogP contribution in [-0.4, -0.2) is 59.3 Å². The van der Waals surface area contributed by atoms with E-state index in [9.17, 15) is 13.2 Å². The average Bonchev–Trinajstić information content (AvgIpc) is 3.29. The molecule has 0 saturated carbocycles. The van der Waals surface area contributed by atoms with E-state index < -0.39 is 10.0 Å². The number of hydrogen-bond donors (Lipinski definition) is 0. The summed E-state index contributed by atoms with van der Waals surface area (Å²) in [5.74, 6) is -0.0976. The van der Waals surface area contributed by atoms with Crippen LogP contribution in [0.15, 0.2) is 73.3 Å². The molecule has 7 nitrogen and oxygen atoms in total. The van der Waals surface area contributed by atoms with Crippen LogP contribution >= 0.6 is 0 Å². The second kappa shape index (κ2) is 8.18. The van der Waals surface area contributed by atoms with Crippen LogP contribution in [0, 0.1) is 0 Å². The highest BCUT2D eigenvalue weighted by Crippen LogP contribution is 2.16. The molecular weight excluding hydrogens is 388 g/mol. The molecule has 29 heavy (non-hydrogen) atoms. The molecule has 0 radical (unpaired) electrons. The van der Waals surface area contributed by atoms with Crippen LogP contribution in [0.3, 0.4) is 0 Å². The predicted molar refractivity (Wildman–Crippen MR) is 110 cm³/mol. The molecule has 1 fully saturated rings. The van der Waals surface area contributed by atoms with Crippen molar-refractivity contribution in [3.05, 3.63) is 84.4 Å².